The number of aromatic nitrogens is 1. The number of nitrogens with two attached hydrogens (primary N) is 1. The van der Waals surface area contributed by atoms with E-state index in [4.69, 9.17) is 5.73 Å². The highest BCUT2D eigenvalue weighted by molar-refractivity contribution is 7.07. The average Bonchev–Trinajstić information content (AvgIpc) is 2.97. The van der Waals surface area contributed by atoms with E-state index in [1.807, 2.05) is 41.1 Å². The molecule has 3 rings (SSSR count). The Bertz CT molecular complexity index is 753. The topological polar surface area (TPSA) is 68.0 Å². The molecule has 4 nitrogen and oxygen atoms in total. The van der Waals surface area contributed by atoms with Crippen molar-refractivity contribution in [2.75, 3.05) is 5.73 Å². The van der Waals surface area contributed by atoms with Crippen LogP contribution in [0.3, 0.4) is 0 Å². The first-order valence-corrected chi connectivity index (χ1v) is 7.13. The summed E-state index contributed by atoms with van der Waals surface area (Å²) < 4.78 is 0. The van der Waals surface area contributed by atoms with Gasteiger partial charge in [-0.1, -0.05) is 18.2 Å². The van der Waals surface area contributed by atoms with E-state index in [-0.39, 0.29) is 5.91 Å². The summed E-state index contributed by atoms with van der Waals surface area (Å²) in [6.07, 6.45) is 0. The minimum absolute atomic E-state index is 0.137. The van der Waals surface area contributed by atoms with Crippen molar-refractivity contribution in [2.24, 2.45) is 0 Å². The van der Waals surface area contributed by atoms with Gasteiger partial charge in [0.1, 0.15) is 5.82 Å². The van der Waals surface area contributed by atoms with Crippen LogP contribution in [0.5, 0.6) is 0 Å². The molecule has 1 aromatic carbocycles. The normalized spacial score (nSPS) is 10.6. The number of carbonyl (C=O) groups is 1. The Morgan fingerprint density at radius 1 is 1.30 bits per heavy atom. The molecule has 0 bridgehead atoms. The number of fused-ring (bicyclic) bond motifs is 1. The molecule has 100 valence electrons. The Kier molecular flexibility index (Phi) is 3.35. The maximum Gasteiger partial charge on any atom is 0.252 e. The predicted molar refractivity (Wildman–Crippen MR) is 81.6 cm³/mol. The van der Waals surface area contributed by atoms with Gasteiger partial charge in [0.2, 0.25) is 0 Å². The van der Waals surface area contributed by atoms with Gasteiger partial charge < -0.3 is 11.1 Å². The Hall–Kier alpha value is -2.40. The zero-order valence-electron chi connectivity index (χ0n) is 10.7. The lowest BCUT2D eigenvalue weighted by atomic mass is 10.1. The van der Waals surface area contributed by atoms with Crippen molar-refractivity contribution in [1.82, 2.24) is 10.3 Å². The first-order chi connectivity index (χ1) is 9.74. The van der Waals surface area contributed by atoms with E-state index in [0.29, 0.717) is 17.9 Å². The number of benzene rings is 1. The van der Waals surface area contributed by atoms with Crippen molar-refractivity contribution < 1.29 is 4.79 Å². The summed E-state index contributed by atoms with van der Waals surface area (Å²) in [5, 5.41) is 7.72. The molecule has 0 aliphatic heterocycles. The molecule has 0 aliphatic carbocycles. The summed E-state index contributed by atoms with van der Waals surface area (Å²) in [6.45, 7) is 0.513. The third-order valence-electron chi connectivity index (χ3n) is 3.01. The van der Waals surface area contributed by atoms with Gasteiger partial charge in [0.15, 0.2) is 0 Å². The van der Waals surface area contributed by atoms with Gasteiger partial charge >= 0.3 is 0 Å². The van der Waals surface area contributed by atoms with Crippen LogP contribution in [0.1, 0.15) is 15.9 Å². The predicted octanol–water partition coefficient (Wildman–Crippen LogP) is 2.81. The van der Waals surface area contributed by atoms with Crippen LogP contribution < -0.4 is 11.1 Å². The van der Waals surface area contributed by atoms with Gasteiger partial charge in [0, 0.05) is 11.9 Å². The van der Waals surface area contributed by atoms with Crippen molar-refractivity contribution in [3.63, 3.8) is 0 Å². The van der Waals surface area contributed by atoms with E-state index in [0.717, 1.165) is 16.5 Å². The van der Waals surface area contributed by atoms with Gasteiger partial charge in [0.25, 0.3) is 5.91 Å². The molecule has 0 fully saturated rings. The molecule has 5 heteroatoms. The van der Waals surface area contributed by atoms with E-state index in [9.17, 15) is 4.79 Å². The van der Waals surface area contributed by atoms with Gasteiger partial charge in [-0.05, 0) is 34.5 Å². The number of amides is 1. The third kappa shape index (κ3) is 2.48. The standard InChI is InChI=1S/C15H13N3OS/c16-14-7-12(11-3-1-2-4-13(11)18-14)15(19)17-8-10-5-6-20-9-10/h1-7,9H,8H2,(H2,16,18)(H,17,19). The van der Waals surface area contributed by atoms with Gasteiger partial charge in [-0.25, -0.2) is 4.98 Å². The number of nitrogen functional groups attached to an aromatic ring is 1. The van der Waals surface area contributed by atoms with Gasteiger partial charge in [0.05, 0.1) is 11.1 Å². The molecule has 0 spiro atoms. The molecule has 3 N–H and O–H groups in total. The molecule has 2 aromatic heterocycles. The van der Waals surface area contributed by atoms with Crippen LogP contribution in [-0.2, 0) is 6.54 Å². The summed E-state index contributed by atoms with van der Waals surface area (Å²) in [5.74, 6) is 0.214. The van der Waals surface area contributed by atoms with Crippen molar-refractivity contribution >= 4 is 34.0 Å². The number of hydrogen-bond donors (Lipinski definition) is 2. The largest absolute Gasteiger partial charge is 0.384 e. The van der Waals surface area contributed by atoms with Crippen LogP contribution >= 0.6 is 11.3 Å². The lowest BCUT2D eigenvalue weighted by Crippen LogP contribution is -2.23. The fraction of sp³-hybridized carbons (Fsp3) is 0.0667. The molecule has 0 aliphatic rings. The minimum Gasteiger partial charge on any atom is -0.384 e. The number of carbonyl (C=O) groups excluding carboxylic acids is 1. The number of nitrogens with zero attached hydrogens (tertiary/aromatic N) is 1. The van der Waals surface area contributed by atoms with E-state index < -0.39 is 0 Å². The average molecular weight is 283 g/mol. The van der Waals surface area contributed by atoms with Gasteiger partial charge in [-0.15, -0.1) is 0 Å². The minimum atomic E-state index is -0.137. The first kappa shape index (κ1) is 12.6. The summed E-state index contributed by atoms with van der Waals surface area (Å²) in [7, 11) is 0. The van der Waals surface area contributed by atoms with Crippen molar-refractivity contribution in [3.8, 4) is 0 Å². The van der Waals surface area contributed by atoms with Crippen molar-refractivity contribution in [3.05, 3.63) is 58.3 Å². The highest BCUT2D eigenvalue weighted by Gasteiger charge is 2.11. The number of hydrogen-bond acceptors (Lipinski definition) is 4. The SMILES string of the molecule is Nc1cc(C(=O)NCc2ccsc2)c2ccccc2n1. The van der Waals surface area contributed by atoms with E-state index in [1.54, 1.807) is 17.4 Å². The van der Waals surface area contributed by atoms with Gasteiger partial charge in [-0.2, -0.15) is 11.3 Å². The lowest BCUT2D eigenvalue weighted by Gasteiger charge is -2.08. The molecule has 1 amide bonds. The zero-order valence-corrected chi connectivity index (χ0v) is 11.5. The Balaban J connectivity index is 1.90. The summed E-state index contributed by atoms with van der Waals surface area (Å²) in [5.41, 5.74) is 8.14. The number of para-hydroxylation sites is 1. The maximum absolute atomic E-state index is 12.3. The number of nitrogens with one attached hydrogen (secondary N) is 1. The van der Waals surface area contributed by atoms with Crippen LogP contribution in [0.2, 0.25) is 0 Å². The Morgan fingerprint density at radius 2 is 2.15 bits per heavy atom. The molecule has 20 heavy (non-hydrogen) atoms. The molecule has 2 heterocycles. The number of anilines is 1. The maximum atomic E-state index is 12.3. The monoisotopic (exact) mass is 283 g/mol. The first-order valence-electron chi connectivity index (χ1n) is 6.18. The van der Waals surface area contributed by atoms with Crippen molar-refractivity contribution in [1.29, 1.82) is 0 Å². The molecule has 0 saturated carbocycles. The van der Waals surface area contributed by atoms with Gasteiger partial charge in [-0.3, -0.25) is 4.79 Å². The molecule has 0 atom stereocenters. The van der Waals surface area contributed by atoms with E-state index in [1.165, 1.54) is 0 Å². The zero-order chi connectivity index (χ0) is 13.9. The smallest absolute Gasteiger partial charge is 0.252 e. The quantitative estimate of drug-likeness (QED) is 0.776. The van der Waals surface area contributed by atoms with Crippen LogP contribution in [0, 0.1) is 0 Å². The molecule has 3 aromatic rings. The van der Waals surface area contributed by atoms with E-state index in [2.05, 4.69) is 10.3 Å². The van der Waals surface area contributed by atoms with Crippen LogP contribution in [0.25, 0.3) is 10.9 Å². The highest BCUT2D eigenvalue weighted by Crippen LogP contribution is 2.19. The summed E-state index contributed by atoms with van der Waals surface area (Å²) in [4.78, 5) is 16.5. The highest BCUT2D eigenvalue weighted by atomic mass is 32.1. The Labute approximate surface area is 120 Å². The van der Waals surface area contributed by atoms with Crippen LogP contribution in [-0.4, -0.2) is 10.9 Å². The fourth-order valence-corrected chi connectivity index (χ4v) is 2.72. The fourth-order valence-electron chi connectivity index (χ4n) is 2.05. The second-order valence-electron chi connectivity index (χ2n) is 4.43. The summed E-state index contributed by atoms with van der Waals surface area (Å²) in [6, 6.07) is 11.1. The third-order valence-corrected chi connectivity index (χ3v) is 3.75. The lowest BCUT2D eigenvalue weighted by molar-refractivity contribution is 0.0952. The van der Waals surface area contributed by atoms with Crippen LogP contribution in [0.4, 0.5) is 5.82 Å². The second-order valence-corrected chi connectivity index (χ2v) is 5.21. The Morgan fingerprint density at radius 3 is 2.95 bits per heavy atom. The number of thiophene rings is 1. The van der Waals surface area contributed by atoms with Crippen molar-refractivity contribution in [2.45, 2.75) is 6.54 Å². The molecular weight excluding hydrogens is 270 g/mol. The summed E-state index contributed by atoms with van der Waals surface area (Å²) >= 11 is 1.61. The van der Waals surface area contributed by atoms with E-state index >= 15 is 0 Å². The second kappa shape index (κ2) is 5.30. The molecule has 0 saturated heterocycles. The number of pyridine rings is 1. The molecular formula is C15H13N3OS. The molecule has 0 radical (unpaired) electrons. The van der Waals surface area contributed by atoms with Crippen LogP contribution in [0.15, 0.2) is 47.2 Å². The number of rotatable bonds is 3. The molecule has 0 unspecified atom stereocenters.